The first kappa shape index (κ1) is 18.0. The van der Waals surface area contributed by atoms with E-state index in [0.29, 0.717) is 18.9 Å². The van der Waals surface area contributed by atoms with Crippen LogP contribution in [0.4, 0.5) is 4.79 Å². The number of urea groups is 1. The van der Waals surface area contributed by atoms with Gasteiger partial charge in [0.05, 0.1) is 0 Å². The van der Waals surface area contributed by atoms with Crippen molar-refractivity contribution in [2.75, 3.05) is 13.1 Å². The van der Waals surface area contributed by atoms with Gasteiger partial charge in [0.25, 0.3) is 5.91 Å². The van der Waals surface area contributed by atoms with Crippen molar-refractivity contribution in [3.05, 3.63) is 35.4 Å². The minimum atomic E-state index is -1.00. The molecule has 1 aromatic carbocycles. The zero-order chi connectivity index (χ0) is 18.9. The molecule has 1 atom stereocenters. The van der Waals surface area contributed by atoms with E-state index >= 15 is 0 Å². The third-order valence-electron chi connectivity index (χ3n) is 6.27. The molecule has 27 heavy (non-hydrogen) atoms. The standard InChI is InChI=1S/C21H27N3O3/c25-18(22-13-15-7-2-1-3-8-15)14-24-19(26)21(23-20(24)27)12-6-10-16-9-4-5-11-17(16)21/h4-5,9,11,15H,1-3,6-8,10,12-14H2,(H,22,25)(H,23,27)/t21-/m0/s1. The van der Waals surface area contributed by atoms with Crippen LogP contribution in [0.25, 0.3) is 0 Å². The zero-order valence-corrected chi connectivity index (χ0v) is 15.6. The van der Waals surface area contributed by atoms with Crippen LogP contribution in [-0.4, -0.2) is 35.8 Å². The normalized spacial score (nSPS) is 25.4. The lowest BCUT2D eigenvalue weighted by atomic mass is 9.76. The molecule has 0 bridgehead atoms. The summed E-state index contributed by atoms with van der Waals surface area (Å²) in [6.07, 6.45) is 8.32. The maximum atomic E-state index is 13.2. The van der Waals surface area contributed by atoms with E-state index in [1.54, 1.807) is 0 Å². The summed E-state index contributed by atoms with van der Waals surface area (Å²) < 4.78 is 0. The Bertz CT molecular complexity index is 757. The first-order valence-corrected chi connectivity index (χ1v) is 10.1. The molecule has 1 saturated carbocycles. The van der Waals surface area contributed by atoms with Crippen LogP contribution in [0.1, 0.15) is 56.1 Å². The fourth-order valence-corrected chi connectivity index (χ4v) is 4.80. The van der Waals surface area contributed by atoms with Crippen LogP contribution in [0.2, 0.25) is 0 Å². The minimum Gasteiger partial charge on any atom is -0.354 e. The highest BCUT2D eigenvalue weighted by Crippen LogP contribution is 2.39. The third kappa shape index (κ3) is 3.33. The number of benzene rings is 1. The van der Waals surface area contributed by atoms with Crippen LogP contribution in [0.5, 0.6) is 0 Å². The summed E-state index contributed by atoms with van der Waals surface area (Å²) >= 11 is 0. The largest absolute Gasteiger partial charge is 0.354 e. The third-order valence-corrected chi connectivity index (χ3v) is 6.27. The van der Waals surface area contributed by atoms with E-state index in [2.05, 4.69) is 10.6 Å². The second-order valence-corrected chi connectivity index (χ2v) is 8.05. The van der Waals surface area contributed by atoms with Crippen LogP contribution < -0.4 is 10.6 Å². The Balaban J connectivity index is 1.44. The summed E-state index contributed by atoms with van der Waals surface area (Å²) in [6.45, 7) is 0.428. The van der Waals surface area contributed by atoms with Gasteiger partial charge in [0, 0.05) is 6.54 Å². The van der Waals surface area contributed by atoms with Crippen LogP contribution in [0, 0.1) is 5.92 Å². The fourth-order valence-electron chi connectivity index (χ4n) is 4.80. The van der Waals surface area contributed by atoms with Gasteiger partial charge in [-0.2, -0.15) is 0 Å². The number of fused-ring (bicyclic) bond motifs is 2. The van der Waals surface area contributed by atoms with Gasteiger partial charge in [-0.1, -0.05) is 43.5 Å². The Hall–Kier alpha value is -2.37. The quantitative estimate of drug-likeness (QED) is 0.801. The average molecular weight is 369 g/mol. The maximum Gasteiger partial charge on any atom is 0.325 e. The van der Waals surface area contributed by atoms with Crippen LogP contribution in [0.15, 0.2) is 24.3 Å². The summed E-state index contributed by atoms with van der Waals surface area (Å²) in [4.78, 5) is 39.1. The van der Waals surface area contributed by atoms with Crippen molar-refractivity contribution in [1.29, 1.82) is 0 Å². The van der Waals surface area contributed by atoms with Crippen molar-refractivity contribution < 1.29 is 14.4 Å². The number of carbonyl (C=O) groups excluding carboxylic acids is 3. The molecular weight excluding hydrogens is 342 g/mol. The van der Waals surface area contributed by atoms with Crippen molar-refractivity contribution in [1.82, 2.24) is 15.5 Å². The molecule has 6 heteroatoms. The predicted molar refractivity (Wildman–Crippen MR) is 101 cm³/mol. The first-order valence-electron chi connectivity index (χ1n) is 10.1. The molecule has 1 aliphatic heterocycles. The van der Waals surface area contributed by atoms with E-state index in [9.17, 15) is 14.4 Å². The minimum absolute atomic E-state index is 0.207. The Kier molecular flexibility index (Phi) is 4.89. The molecule has 0 unspecified atom stereocenters. The summed E-state index contributed by atoms with van der Waals surface area (Å²) in [5.74, 6) is -0.0416. The van der Waals surface area contributed by atoms with Gasteiger partial charge in [0.15, 0.2) is 0 Å². The molecule has 6 nitrogen and oxygen atoms in total. The van der Waals surface area contributed by atoms with Gasteiger partial charge >= 0.3 is 6.03 Å². The van der Waals surface area contributed by atoms with E-state index in [4.69, 9.17) is 0 Å². The van der Waals surface area contributed by atoms with Gasteiger partial charge in [-0.05, 0) is 49.1 Å². The lowest BCUT2D eigenvalue weighted by molar-refractivity contribution is -0.135. The number of aryl methyl sites for hydroxylation is 1. The Morgan fingerprint density at radius 1 is 1.15 bits per heavy atom. The molecule has 1 heterocycles. The van der Waals surface area contributed by atoms with E-state index in [-0.39, 0.29) is 18.4 Å². The second-order valence-electron chi connectivity index (χ2n) is 8.05. The topological polar surface area (TPSA) is 78.5 Å². The zero-order valence-electron chi connectivity index (χ0n) is 15.6. The Morgan fingerprint density at radius 3 is 2.74 bits per heavy atom. The highest BCUT2D eigenvalue weighted by molar-refractivity contribution is 6.09. The van der Waals surface area contributed by atoms with Crippen molar-refractivity contribution in [2.24, 2.45) is 5.92 Å². The van der Waals surface area contributed by atoms with E-state index < -0.39 is 11.6 Å². The van der Waals surface area contributed by atoms with Gasteiger partial charge in [-0.3, -0.25) is 14.5 Å². The van der Waals surface area contributed by atoms with Crippen LogP contribution >= 0.6 is 0 Å². The van der Waals surface area contributed by atoms with E-state index in [1.165, 1.54) is 19.3 Å². The Morgan fingerprint density at radius 2 is 1.93 bits per heavy atom. The number of hydrogen-bond donors (Lipinski definition) is 2. The summed E-state index contributed by atoms with van der Waals surface area (Å²) in [5, 5.41) is 5.81. The van der Waals surface area contributed by atoms with Crippen molar-refractivity contribution in [3.63, 3.8) is 0 Å². The van der Waals surface area contributed by atoms with Crippen molar-refractivity contribution >= 4 is 17.8 Å². The number of amides is 4. The molecule has 4 rings (SSSR count). The average Bonchev–Trinajstić information content (AvgIpc) is 2.92. The number of nitrogens with zero attached hydrogens (tertiary/aromatic N) is 1. The molecule has 1 aromatic rings. The molecular formula is C21H27N3O3. The predicted octanol–water partition coefficient (Wildman–Crippen LogP) is 2.47. The van der Waals surface area contributed by atoms with Crippen LogP contribution in [-0.2, 0) is 21.5 Å². The first-order chi connectivity index (χ1) is 13.1. The number of rotatable bonds is 4. The highest BCUT2D eigenvalue weighted by Gasteiger charge is 2.54. The molecule has 2 N–H and O–H groups in total. The van der Waals surface area contributed by atoms with Crippen molar-refractivity contribution in [2.45, 2.75) is 56.9 Å². The summed E-state index contributed by atoms with van der Waals surface area (Å²) in [6, 6.07) is 7.30. The molecule has 2 fully saturated rings. The smallest absolute Gasteiger partial charge is 0.325 e. The van der Waals surface area contributed by atoms with Gasteiger partial charge in [-0.15, -0.1) is 0 Å². The van der Waals surface area contributed by atoms with Gasteiger partial charge in [-0.25, -0.2) is 4.79 Å². The molecule has 1 saturated heterocycles. The van der Waals surface area contributed by atoms with E-state index in [0.717, 1.165) is 41.7 Å². The van der Waals surface area contributed by atoms with Gasteiger partial charge < -0.3 is 10.6 Å². The summed E-state index contributed by atoms with van der Waals surface area (Å²) in [7, 11) is 0. The number of imide groups is 1. The Labute approximate surface area is 159 Å². The maximum absolute atomic E-state index is 13.2. The number of carbonyl (C=O) groups is 3. The van der Waals surface area contributed by atoms with Crippen molar-refractivity contribution in [3.8, 4) is 0 Å². The fraction of sp³-hybridized carbons (Fsp3) is 0.571. The molecule has 1 spiro atoms. The highest BCUT2D eigenvalue weighted by atomic mass is 16.2. The molecule has 144 valence electrons. The molecule has 4 amide bonds. The molecule has 2 aliphatic carbocycles. The SMILES string of the molecule is O=C(CN1C(=O)N[C@]2(CCCc3ccccc32)C1=O)NCC1CCCCC1. The van der Waals surface area contributed by atoms with Gasteiger partial charge in [0.1, 0.15) is 12.1 Å². The van der Waals surface area contributed by atoms with Crippen LogP contribution in [0.3, 0.4) is 0 Å². The lowest BCUT2D eigenvalue weighted by Crippen LogP contribution is -2.47. The monoisotopic (exact) mass is 369 g/mol. The van der Waals surface area contributed by atoms with E-state index in [1.807, 2.05) is 24.3 Å². The molecule has 0 radical (unpaired) electrons. The van der Waals surface area contributed by atoms with Gasteiger partial charge in [0.2, 0.25) is 5.91 Å². The molecule has 0 aromatic heterocycles. The second kappa shape index (κ2) is 7.33. The summed E-state index contributed by atoms with van der Waals surface area (Å²) in [5.41, 5.74) is 0.968. The molecule has 3 aliphatic rings. The lowest BCUT2D eigenvalue weighted by Gasteiger charge is -2.33. The number of nitrogens with one attached hydrogen (secondary N) is 2. The number of hydrogen-bond acceptors (Lipinski definition) is 3.